The van der Waals surface area contributed by atoms with Gasteiger partial charge < -0.3 is 24.5 Å². The Kier molecular flexibility index (Phi) is 5.48. The standard InChI is InChI=1S/C12H13N3O2.C10H12O3/c16-9-7-8(13-1-2-13)12(17)11(15-5-6-15)10(9)14-3-4-14;1-2-7-13-9-6-4-3-5-8(9)10(11)12/h7H,1-6H2;3-6H,2,7H2,1H3,(H,11,12). The normalized spacial score (nSPS) is 19.2. The van der Waals surface area contributed by atoms with Gasteiger partial charge >= 0.3 is 5.97 Å². The summed E-state index contributed by atoms with van der Waals surface area (Å²) < 4.78 is 5.27. The molecule has 158 valence electrons. The average Bonchev–Trinajstić information content (AvgIpc) is 3.56. The Morgan fingerprint density at radius 1 is 0.967 bits per heavy atom. The smallest absolute Gasteiger partial charge is 0.339 e. The second kappa shape index (κ2) is 8.22. The van der Waals surface area contributed by atoms with Crippen LogP contribution in [0.5, 0.6) is 5.75 Å². The minimum absolute atomic E-state index is 0.00546. The average molecular weight is 411 g/mol. The van der Waals surface area contributed by atoms with Gasteiger partial charge in [-0.1, -0.05) is 19.1 Å². The molecule has 1 aliphatic carbocycles. The van der Waals surface area contributed by atoms with E-state index >= 15 is 0 Å². The predicted molar refractivity (Wildman–Crippen MR) is 109 cm³/mol. The predicted octanol–water partition coefficient (Wildman–Crippen LogP) is 1.35. The SMILES string of the molecule is CCCOc1ccccc1C(=O)O.O=C1C=C(N2CC2)C(=O)C(N2CC2)=C1N1CC1. The first-order valence-corrected chi connectivity index (χ1v) is 10.3. The second-order valence-electron chi connectivity index (χ2n) is 7.53. The first-order valence-electron chi connectivity index (χ1n) is 10.3. The Bertz CT molecular complexity index is 940. The van der Waals surface area contributed by atoms with Gasteiger partial charge in [0.1, 0.15) is 22.7 Å². The third-order valence-corrected chi connectivity index (χ3v) is 5.07. The van der Waals surface area contributed by atoms with Gasteiger partial charge in [-0.05, 0) is 18.6 Å². The van der Waals surface area contributed by atoms with Crippen molar-refractivity contribution in [1.29, 1.82) is 0 Å². The molecule has 1 aromatic carbocycles. The maximum absolute atomic E-state index is 12.4. The van der Waals surface area contributed by atoms with E-state index in [0.717, 1.165) is 45.7 Å². The van der Waals surface area contributed by atoms with E-state index < -0.39 is 5.97 Å². The van der Waals surface area contributed by atoms with Gasteiger partial charge in [0.25, 0.3) is 0 Å². The summed E-state index contributed by atoms with van der Waals surface area (Å²) in [6.07, 6.45) is 2.39. The number of para-hydroxylation sites is 1. The van der Waals surface area contributed by atoms with Crippen LogP contribution in [0.15, 0.2) is 47.4 Å². The molecule has 1 N–H and O–H groups in total. The van der Waals surface area contributed by atoms with E-state index in [2.05, 4.69) is 0 Å². The Morgan fingerprint density at radius 2 is 1.57 bits per heavy atom. The molecule has 0 unspecified atom stereocenters. The maximum Gasteiger partial charge on any atom is 0.339 e. The first kappa shape index (κ1) is 20.0. The van der Waals surface area contributed by atoms with Crippen molar-refractivity contribution in [3.8, 4) is 5.75 Å². The van der Waals surface area contributed by atoms with Crippen molar-refractivity contribution in [1.82, 2.24) is 14.7 Å². The van der Waals surface area contributed by atoms with Crippen molar-refractivity contribution in [2.75, 3.05) is 45.9 Å². The van der Waals surface area contributed by atoms with Crippen LogP contribution in [-0.4, -0.2) is 83.2 Å². The molecule has 3 heterocycles. The molecular formula is C22H25N3O5. The van der Waals surface area contributed by atoms with Crippen LogP contribution in [0.2, 0.25) is 0 Å². The number of hydrogen-bond acceptors (Lipinski definition) is 7. The van der Waals surface area contributed by atoms with Crippen LogP contribution >= 0.6 is 0 Å². The van der Waals surface area contributed by atoms with Crippen molar-refractivity contribution in [3.05, 3.63) is 53.0 Å². The number of carboxylic acid groups (broad SMARTS) is 1. The fraction of sp³-hybridized carbons (Fsp3) is 0.409. The fourth-order valence-corrected chi connectivity index (χ4v) is 3.26. The van der Waals surface area contributed by atoms with Gasteiger partial charge in [0, 0.05) is 45.3 Å². The number of ether oxygens (including phenoxy) is 1. The first-order chi connectivity index (χ1) is 14.5. The number of carbonyl (C=O) groups is 3. The number of benzene rings is 1. The fourth-order valence-electron chi connectivity index (χ4n) is 3.26. The summed E-state index contributed by atoms with van der Waals surface area (Å²) in [6.45, 7) is 7.93. The molecule has 4 aliphatic rings. The molecular weight excluding hydrogens is 386 g/mol. The number of carbonyl (C=O) groups excluding carboxylic acids is 2. The van der Waals surface area contributed by atoms with Crippen LogP contribution in [0, 0.1) is 0 Å². The summed E-state index contributed by atoms with van der Waals surface area (Å²) >= 11 is 0. The third kappa shape index (κ3) is 4.32. The summed E-state index contributed by atoms with van der Waals surface area (Å²) in [5, 5.41) is 8.78. The molecule has 0 saturated carbocycles. The number of hydrogen-bond donors (Lipinski definition) is 1. The highest BCUT2D eigenvalue weighted by molar-refractivity contribution is 6.22. The topological polar surface area (TPSA) is 89.7 Å². The molecule has 3 fully saturated rings. The number of nitrogens with zero attached hydrogens (tertiary/aromatic N) is 3. The molecule has 0 radical (unpaired) electrons. The number of aromatic carboxylic acids is 1. The summed E-state index contributed by atoms with van der Waals surface area (Å²) in [5.41, 5.74) is 2.11. The summed E-state index contributed by atoms with van der Waals surface area (Å²) in [6, 6.07) is 6.64. The molecule has 3 aliphatic heterocycles. The van der Waals surface area contributed by atoms with E-state index in [1.807, 2.05) is 21.6 Å². The van der Waals surface area contributed by atoms with Crippen LogP contribution in [0.1, 0.15) is 23.7 Å². The highest BCUT2D eigenvalue weighted by atomic mass is 16.5. The Morgan fingerprint density at radius 3 is 2.13 bits per heavy atom. The van der Waals surface area contributed by atoms with Gasteiger partial charge in [0.2, 0.25) is 11.6 Å². The lowest BCUT2D eigenvalue weighted by Gasteiger charge is -2.21. The van der Waals surface area contributed by atoms with Gasteiger partial charge in [0.15, 0.2) is 0 Å². The van der Waals surface area contributed by atoms with Gasteiger partial charge in [0.05, 0.1) is 12.3 Å². The number of allylic oxidation sites excluding steroid dienone is 1. The van der Waals surface area contributed by atoms with E-state index in [1.165, 1.54) is 12.1 Å². The summed E-state index contributed by atoms with van der Waals surface area (Å²) in [5.74, 6) is -0.462. The van der Waals surface area contributed by atoms with E-state index in [4.69, 9.17) is 9.84 Å². The van der Waals surface area contributed by atoms with Crippen LogP contribution in [0.3, 0.4) is 0 Å². The number of Topliss-reactive ketones (excluding diaryl/α,β-unsaturated/α-hetero) is 1. The highest BCUT2D eigenvalue weighted by Gasteiger charge is 2.43. The quantitative estimate of drug-likeness (QED) is 0.531. The summed E-state index contributed by atoms with van der Waals surface area (Å²) in [7, 11) is 0. The summed E-state index contributed by atoms with van der Waals surface area (Å²) in [4.78, 5) is 41.2. The molecule has 8 nitrogen and oxygen atoms in total. The van der Waals surface area contributed by atoms with Crippen molar-refractivity contribution < 1.29 is 24.2 Å². The number of carboxylic acids is 1. The van der Waals surface area contributed by atoms with Crippen molar-refractivity contribution >= 4 is 17.5 Å². The molecule has 0 bridgehead atoms. The monoisotopic (exact) mass is 411 g/mol. The molecule has 0 amide bonds. The van der Waals surface area contributed by atoms with E-state index in [0.29, 0.717) is 29.4 Å². The molecule has 8 heteroatoms. The molecule has 0 atom stereocenters. The van der Waals surface area contributed by atoms with Crippen molar-refractivity contribution in [2.24, 2.45) is 0 Å². The van der Waals surface area contributed by atoms with Crippen LogP contribution in [0.4, 0.5) is 0 Å². The largest absolute Gasteiger partial charge is 0.493 e. The third-order valence-electron chi connectivity index (χ3n) is 5.07. The van der Waals surface area contributed by atoms with Crippen LogP contribution in [-0.2, 0) is 9.59 Å². The number of rotatable bonds is 7. The zero-order valence-electron chi connectivity index (χ0n) is 17.0. The maximum atomic E-state index is 12.4. The molecule has 0 spiro atoms. The molecule has 5 rings (SSSR count). The molecule has 3 saturated heterocycles. The zero-order chi connectivity index (χ0) is 21.3. The van der Waals surface area contributed by atoms with Gasteiger partial charge in [-0.3, -0.25) is 9.59 Å². The van der Waals surface area contributed by atoms with Crippen molar-refractivity contribution in [3.63, 3.8) is 0 Å². The second-order valence-corrected chi connectivity index (χ2v) is 7.53. The zero-order valence-corrected chi connectivity index (χ0v) is 17.0. The van der Waals surface area contributed by atoms with Crippen LogP contribution in [0.25, 0.3) is 0 Å². The van der Waals surface area contributed by atoms with Crippen molar-refractivity contribution in [2.45, 2.75) is 13.3 Å². The Labute approximate surface area is 175 Å². The van der Waals surface area contributed by atoms with E-state index in [-0.39, 0.29) is 17.1 Å². The lowest BCUT2D eigenvalue weighted by molar-refractivity contribution is -0.117. The molecule has 30 heavy (non-hydrogen) atoms. The highest BCUT2D eigenvalue weighted by Crippen LogP contribution is 2.33. The van der Waals surface area contributed by atoms with Gasteiger partial charge in [-0.15, -0.1) is 0 Å². The number of ketones is 2. The Hall–Kier alpha value is -3.29. The van der Waals surface area contributed by atoms with E-state index in [1.54, 1.807) is 18.2 Å². The lowest BCUT2D eigenvalue weighted by atomic mass is 10.0. The Balaban J connectivity index is 0.000000152. The van der Waals surface area contributed by atoms with Crippen LogP contribution < -0.4 is 4.74 Å². The van der Waals surface area contributed by atoms with E-state index in [9.17, 15) is 14.4 Å². The minimum Gasteiger partial charge on any atom is -0.493 e. The lowest BCUT2D eigenvalue weighted by Crippen LogP contribution is -2.29. The van der Waals surface area contributed by atoms with Gasteiger partial charge in [-0.25, -0.2) is 4.79 Å². The molecule has 0 aromatic heterocycles. The molecule has 1 aromatic rings. The van der Waals surface area contributed by atoms with Gasteiger partial charge in [-0.2, -0.15) is 0 Å². The minimum atomic E-state index is -0.952.